The summed E-state index contributed by atoms with van der Waals surface area (Å²) in [5.74, 6) is -3.58. The molecule has 47 heavy (non-hydrogen) atoms. The van der Waals surface area contributed by atoms with Crippen LogP contribution in [0.2, 0.25) is 0 Å². The number of halogens is 2. The number of hydrogen-bond donors (Lipinski definition) is 2. The minimum absolute atomic E-state index is 0. The van der Waals surface area contributed by atoms with Crippen LogP contribution in [-0.2, 0) is 44.3 Å². The Morgan fingerprint density at radius 1 is 0.681 bits per heavy atom. The van der Waals surface area contributed by atoms with Gasteiger partial charge in [0.1, 0.15) is 34.7 Å². The van der Waals surface area contributed by atoms with Crippen molar-refractivity contribution in [2.75, 3.05) is 0 Å². The van der Waals surface area contributed by atoms with Gasteiger partial charge in [0.05, 0.1) is 0 Å². The molecule has 0 atom stereocenters. The van der Waals surface area contributed by atoms with Gasteiger partial charge in [0.2, 0.25) is 11.1 Å². The topological polar surface area (TPSA) is 174 Å². The first-order valence-corrected chi connectivity index (χ1v) is 14.2. The number of nitrogens with one attached hydrogen (secondary N) is 2. The Kier molecular flexibility index (Phi) is 13.5. The summed E-state index contributed by atoms with van der Waals surface area (Å²) in [5.41, 5.74) is -1.07. The zero-order valence-electron chi connectivity index (χ0n) is 26.5. The number of amides is 2. The molecular formula is C32H34CuF2N6O6. The Bertz CT molecular complexity index is 1710. The maximum atomic E-state index is 12.8. The fraction of sp³-hybridized carbons (Fsp3) is 0.312. The van der Waals surface area contributed by atoms with E-state index in [1.807, 2.05) is 27.7 Å². The molecule has 0 fully saturated rings. The van der Waals surface area contributed by atoms with Crippen LogP contribution in [0.1, 0.15) is 83.3 Å². The third kappa shape index (κ3) is 9.56. The van der Waals surface area contributed by atoms with Crippen LogP contribution < -0.4 is 32.0 Å². The average Bonchev–Trinajstić information content (AvgIpc) is 3.02. The Labute approximate surface area is 280 Å². The van der Waals surface area contributed by atoms with E-state index in [1.165, 1.54) is 62.6 Å². The van der Waals surface area contributed by atoms with E-state index in [1.54, 1.807) is 0 Å². The van der Waals surface area contributed by atoms with Gasteiger partial charge in [-0.1, -0.05) is 52.0 Å². The first kappa shape index (κ1) is 38.3. The van der Waals surface area contributed by atoms with Gasteiger partial charge in [-0.05, 0) is 46.9 Å². The molecule has 0 unspecified atom stereocenters. The third-order valence-corrected chi connectivity index (χ3v) is 6.76. The zero-order valence-corrected chi connectivity index (χ0v) is 27.4. The van der Waals surface area contributed by atoms with E-state index >= 15 is 0 Å². The first-order valence-electron chi connectivity index (χ1n) is 14.2. The van der Waals surface area contributed by atoms with Crippen LogP contribution in [0.4, 0.5) is 8.78 Å². The maximum Gasteiger partial charge on any atom is 2.00 e. The fourth-order valence-corrected chi connectivity index (χ4v) is 4.27. The molecule has 2 aromatic carbocycles. The summed E-state index contributed by atoms with van der Waals surface area (Å²) in [6, 6.07) is 11.2. The molecule has 12 nitrogen and oxygen atoms in total. The molecule has 15 heteroatoms. The second kappa shape index (κ2) is 16.6. The SMILES string of the molecule is CC(C)c1nc(C(=O)NCc2ccc(F)cc2)c([O-])c(=O)n1C.CC(C)c1nc(C(=O)NCc2ccc(F)cc2)c([O-])c(=O)n1C.[Cu+2]. The van der Waals surface area contributed by atoms with Crippen LogP contribution in [0.15, 0.2) is 58.1 Å². The van der Waals surface area contributed by atoms with Crippen molar-refractivity contribution < 1.29 is 45.7 Å². The molecule has 2 heterocycles. The quantitative estimate of drug-likeness (QED) is 0.263. The molecule has 0 bridgehead atoms. The standard InChI is InChI=1S/2C16H18FN3O3.Cu/c2*1-9(2)14-19-12(13(21)16(23)20(14)3)15(22)18-8-10-4-6-11(17)7-5-10;/h2*4-7,9,21H,8H2,1-3H3,(H,18,22);/q;;+2/p-2. The zero-order chi connectivity index (χ0) is 34.3. The van der Waals surface area contributed by atoms with Crippen molar-refractivity contribution in [3.63, 3.8) is 0 Å². The molecule has 2 aromatic heterocycles. The fourth-order valence-electron chi connectivity index (χ4n) is 4.27. The Balaban J connectivity index is 0.000000320. The van der Waals surface area contributed by atoms with Gasteiger partial charge in [-0.25, -0.2) is 18.7 Å². The summed E-state index contributed by atoms with van der Waals surface area (Å²) in [4.78, 5) is 56.2. The summed E-state index contributed by atoms with van der Waals surface area (Å²) in [7, 11) is 2.90. The number of benzene rings is 2. The summed E-state index contributed by atoms with van der Waals surface area (Å²) >= 11 is 0. The molecule has 0 aliphatic rings. The van der Waals surface area contributed by atoms with Crippen molar-refractivity contribution in [2.45, 2.75) is 52.6 Å². The molecular weight excluding hydrogens is 666 g/mol. The second-order valence-electron chi connectivity index (χ2n) is 11.0. The molecule has 2 N–H and O–H groups in total. The average molecular weight is 700 g/mol. The monoisotopic (exact) mass is 699 g/mol. The van der Waals surface area contributed by atoms with Crippen molar-refractivity contribution in [3.8, 4) is 11.5 Å². The maximum absolute atomic E-state index is 12.8. The normalized spacial score (nSPS) is 10.6. The number of rotatable bonds is 8. The number of aromatic nitrogens is 4. The van der Waals surface area contributed by atoms with Crippen molar-refractivity contribution in [3.05, 3.63) is 115 Å². The Morgan fingerprint density at radius 3 is 1.26 bits per heavy atom. The van der Waals surface area contributed by atoms with Crippen molar-refractivity contribution >= 4 is 11.8 Å². The number of carbonyl (C=O) groups is 2. The van der Waals surface area contributed by atoms with Crippen molar-refractivity contribution in [1.82, 2.24) is 29.7 Å². The van der Waals surface area contributed by atoms with Gasteiger partial charge in [0, 0.05) is 39.0 Å². The largest absolute Gasteiger partial charge is 2.00 e. The molecule has 0 aliphatic carbocycles. The predicted octanol–water partition coefficient (Wildman–Crippen LogP) is 2.09. The smallest absolute Gasteiger partial charge is 0.867 e. The van der Waals surface area contributed by atoms with Gasteiger partial charge in [-0.2, -0.15) is 0 Å². The minimum Gasteiger partial charge on any atom is -0.867 e. The van der Waals surface area contributed by atoms with E-state index in [9.17, 15) is 38.2 Å². The van der Waals surface area contributed by atoms with E-state index in [0.29, 0.717) is 22.8 Å². The number of carbonyl (C=O) groups excluding carboxylic acids is 2. The molecule has 253 valence electrons. The van der Waals surface area contributed by atoms with Crippen molar-refractivity contribution in [1.29, 1.82) is 0 Å². The predicted molar refractivity (Wildman–Crippen MR) is 161 cm³/mol. The van der Waals surface area contributed by atoms with Gasteiger partial charge >= 0.3 is 17.1 Å². The van der Waals surface area contributed by atoms with E-state index in [0.717, 1.165) is 9.13 Å². The molecule has 0 saturated carbocycles. The minimum atomic E-state index is -0.937. The van der Waals surface area contributed by atoms with Gasteiger partial charge < -0.3 is 30.0 Å². The molecule has 0 spiro atoms. The summed E-state index contributed by atoms with van der Waals surface area (Å²) in [6.07, 6.45) is 0. The van der Waals surface area contributed by atoms with Gasteiger partial charge in [-0.3, -0.25) is 19.2 Å². The molecule has 0 saturated heterocycles. The van der Waals surface area contributed by atoms with Gasteiger partial charge in [-0.15, -0.1) is 0 Å². The number of nitrogens with zero attached hydrogens (tertiary/aromatic N) is 4. The number of hydrogen-bond acceptors (Lipinski definition) is 8. The summed E-state index contributed by atoms with van der Waals surface area (Å²) in [5, 5.41) is 28.9. The van der Waals surface area contributed by atoms with E-state index in [4.69, 9.17) is 0 Å². The first-order chi connectivity index (χ1) is 21.6. The van der Waals surface area contributed by atoms with Crippen molar-refractivity contribution in [2.24, 2.45) is 14.1 Å². The van der Waals surface area contributed by atoms with Crippen LogP contribution >= 0.6 is 0 Å². The van der Waals surface area contributed by atoms with Gasteiger partial charge in [0.25, 0.3) is 11.8 Å². The van der Waals surface area contributed by atoms with Crippen LogP contribution in [0.25, 0.3) is 0 Å². The second-order valence-corrected chi connectivity index (χ2v) is 11.0. The molecule has 0 aliphatic heterocycles. The molecule has 1 radical (unpaired) electrons. The van der Waals surface area contributed by atoms with Crippen LogP contribution in [0, 0.1) is 11.6 Å². The van der Waals surface area contributed by atoms with E-state index < -0.39 is 45.8 Å². The molecule has 2 amide bonds. The van der Waals surface area contributed by atoms with E-state index in [2.05, 4.69) is 20.6 Å². The summed E-state index contributed by atoms with van der Waals surface area (Å²) < 4.78 is 28.0. The van der Waals surface area contributed by atoms with E-state index in [-0.39, 0.29) is 53.6 Å². The Morgan fingerprint density at radius 2 is 0.979 bits per heavy atom. The Hall–Kier alpha value is -4.88. The van der Waals surface area contributed by atoms with Crippen LogP contribution in [-0.4, -0.2) is 30.9 Å². The van der Waals surface area contributed by atoms with Gasteiger partial charge in [0.15, 0.2) is 0 Å². The van der Waals surface area contributed by atoms with Crippen LogP contribution in [0.5, 0.6) is 11.5 Å². The van der Waals surface area contributed by atoms with Crippen LogP contribution in [0.3, 0.4) is 0 Å². The molecule has 4 aromatic rings. The summed E-state index contributed by atoms with van der Waals surface area (Å²) in [6.45, 7) is 7.46. The third-order valence-electron chi connectivity index (χ3n) is 6.76. The molecule has 4 rings (SSSR count).